The molecule has 0 radical (unpaired) electrons. The van der Waals surface area contributed by atoms with Gasteiger partial charge in [-0.15, -0.1) is 5.10 Å². The number of carbonyl (C=O) groups is 1. The van der Waals surface area contributed by atoms with Gasteiger partial charge in [-0.2, -0.15) is 0 Å². The van der Waals surface area contributed by atoms with E-state index in [0.717, 1.165) is 24.3 Å². The van der Waals surface area contributed by atoms with E-state index in [1.807, 2.05) is 13.8 Å². The molecule has 1 atom stereocenters. The summed E-state index contributed by atoms with van der Waals surface area (Å²) in [5, 5.41) is 17.4. The summed E-state index contributed by atoms with van der Waals surface area (Å²) in [6.07, 6.45) is 4.21. The van der Waals surface area contributed by atoms with E-state index < -0.39 is 46.6 Å². The predicted molar refractivity (Wildman–Crippen MR) is 171 cm³/mol. The molecule has 1 saturated heterocycles. The Hall–Kier alpha value is -5.41. The molecule has 0 aliphatic carbocycles. The van der Waals surface area contributed by atoms with Crippen LogP contribution in [0.1, 0.15) is 47.2 Å². The minimum absolute atomic E-state index is 0.100. The normalized spacial score (nSPS) is 15.5. The summed E-state index contributed by atoms with van der Waals surface area (Å²) in [7, 11) is 0. The summed E-state index contributed by atoms with van der Waals surface area (Å²) in [6, 6.07) is 7.40. The number of carboxylic acids is 1. The van der Waals surface area contributed by atoms with Gasteiger partial charge in [0.05, 0.1) is 53.4 Å². The van der Waals surface area contributed by atoms with Crippen molar-refractivity contribution in [2.24, 2.45) is 5.41 Å². The summed E-state index contributed by atoms with van der Waals surface area (Å²) in [5.41, 5.74) is -0.712. The fraction of sp³-hybridized carbons (Fsp3) is 0.235. The van der Waals surface area contributed by atoms with Crippen LogP contribution >= 0.6 is 11.6 Å². The highest BCUT2D eigenvalue weighted by molar-refractivity contribution is 6.31. The molecule has 0 bridgehead atoms. The number of halogens is 5. The quantitative estimate of drug-likeness (QED) is 0.162. The molecule has 11 nitrogen and oxygen atoms in total. The number of aromatic carboxylic acids is 1. The van der Waals surface area contributed by atoms with Crippen LogP contribution in [0.2, 0.25) is 5.02 Å². The number of fused-ring (bicyclic) bond motifs is 1. The Morgan fingerprint density at radius 3 is 2.56 bits per heavy atom. The SMILES string of the molecule is CC1(C)COCC1n1c(Cc2cc(F)c(-c3ccc(F)c(OCc4cnc(-n5ccnn5)cc4Cl)n3)cc2F)nc2c(F)cc(C(=O)O)cc21. The standard InChI is InChI=1S/C34H26ClF4N7O4/c1-34(2)16-49-15-28(34)46-27-9-18(33(47)48)8-25(39)31(27)43-30(46)10-17-7-24(38)20(11-23(17)37)26-4-3-22(36)32(42-26)50-14-19-13-40-29(12-21(19)35)45-6-5-41-44-45/h3-9,11-13,28H,10,14-16H2,1-2H3,(H,47,48). The third-order valence-electron chi connectivity index (χ3n) is 8.54. The summed E-state index contributed by atoms with van der Waals surface area (Å²) in [6.45, 7) is 4.22. The molecule has 50 heavy (non-hydrogen) atoms. The van der Waals surface area contributed by atoms with Gasteiger partial charge in [0.2, 0.25) is 0 Å². The highest BCUT2D eigenvalue weighted by atomic mass is 35.5. The number of benzene rings is 2. The number of imidazole rings is 1. The van der Waals surface area contributed by atoms with Crippen LogP contribution in [0.4, 0.5) is 17.6 Å². The molecule has 0 amide bonds. The first-order chi connectivity index (χ1) is 23.9. The lowest BCUT2D eigenvalue weighted by Crippen LogP contribution is -2.27. The molecule has 256 valence electrons. The number of rotatable bonds is 9. The maximum atomic E-state index is 15.8. The lowest BCUT2D eigenvalue weighted by atomic mass is 9.87. The molecule has 2 aromatic carbocycles. The number of pyridine rings is 2. The van der Waals surface area contributed by atoms with E-state index in [9.17, 15) is 14.3 Å². The topological polar surface area (TPSA) is 130 Å². The van der Waals surface area contributed by atoms with Gasteiger partial charge < -0.3 is 19.1 Å². The third kappa shape index (κ3) is 6.13. The minimum atomic E-state index is -1.33. The first-order valence-corrected chi connectivity index (χ1v) is 15.6. The monoisotopic (exact) mass is 707 g/mol. The highest BCUT2D eigenvalue weighted by Gasteiger charge is 2.39. The maximum Gasteiger partial charge on any atom is 0.335 e. The van der Waals surface area contributed by atoms with Gasteiger partial charge in [-0.25, -0.2) is 42.0 Å². The Balaban J connectivity index is 1.18. The average molecular weight is 708 g/mol. The smallest absolute Gasteiger partial charge is 0.335 e. The lowest BCUT2D eigenvalue weighted by molar-refractivity contribution is 0.0696. The number of hydrogen-bond acceptors (Lipinski definition) is 8. The van der Waals surface area contributed by atoms with Gasteiger partial charge in [-0.1, -0.05) is 30.7 Å². The van der Waals surface area contributed by atoms with Crippen molar-refractivity contribution < 1.29 is 36.9 Å². The van der Waals surface area contributed by atoms with Crippen LogP contribution in [0.3, 0.4) is 0 Å². The molecule has 4 aromatic heterocycles. The van der Waals surface area contributed by atoms with E-state index in [1.54, 1.807) is 10.8 Å². The van der Waals surface area contributed by atoms with Gasteiger partial charge in [-0.05, 0) is 42.0 Å². The Morgan fingerprint density at radius 2 is 1.86 bits per heavy atom. The van der Waals surface area contributed by atoms with Crippen LogP contribution in [-0.2, 0) is 17.8 Å². The van der Waals surface area contributed by atoms with E-state index >= 15 is 13.2 Å². The summed E-state index contributed by atoms with van der Waals surface area (Å²) in [5.74, 6) is -4.60. The van der Waals surface area contributed by atoms with Crippen LogP contribution in [0, 0.1) is 28.7 Å². The Bertz CT molecular complexity index is 2280. The zero-order chi connectivity index (χ0) is 35.3. The van der Waals surface area contributed by atoms with Crippen molar-refractivity contribution in [2.45, 2.75) is 32.9 Å². The molecule has 1 fully saturated rings. The second kappa shape index (κ2) is 12.8. The lowest BCUT2D eigenvalue weighted by Gasteiger charge is -2.28. The van der Waals surface area contributed by atoms with Gasteiger partial charge in [0.15, 0.2) is 17.5 Å². The molecule has 5 heterocycles. The molecule has 1 aliphatic rings. The van der Waals surface area contributed by atoms with Crippen LogP contribution in [0.25, 0.3) is 28.1 Å². The fourth-order valence-corrected chi connectivity index (χ4v) is 6.10. The van der Waals surface area contributed by atoms with Gasteiger partial charge >= 0.3 is 5.97 Å². The third-order valence-corrected chi connectivity index (χ3v) is 8.90. The van der Waals surface area contributed by atoms with Crippen molar-refractivity contribution in [3.63, 3.8) is 0 Å². The van der Waals surface area contributed by atoms with Crippen molar-refractivity contribution in [3.8, 4) is 23.0 Å². The molecule has 1 N–H and O–H groups in total. The Morgan fingerprint density at radius 1 is 1.04 bits per heavy atom. The van der Waals surface area contributed by atoms with Gasteiger partial charge in [-0.3, -0.25) is 0 Å². The van der Waals surface area contributed by atoms with Crippen molar-refractivity contribution in [2.75, 3.05) is 13.2 Å². The van der Waals surface area contributed by atoms with E-state index in [2.05, 4.69) is 25.3 Å². The number of carboxylic acid groups (broad SMARTS) is 1. The first-order valence-electron chi connectivity index (χ1n) is 15.2. The number of ether oxygens (including phenoxy) is 2. The largest absolute Gasteiger partial charge is 0.478 e. The van der Waals surface area contributed by atoms with Gasteiger partial charge in [0, 0.05) is 35.2 Å². The van der Waals surface area contributed by atoms with Crippen LogP contribution in [-0.4, -0.2) is 58.8 Å². The molecule has 0 saturated carbocycles. The second-order valence-corrected chi connectivity index (χ2v) is 12.8. The molecular formula is C34H26ClF4N7O4. The molecule has 16 heteroatoms. The second-order valence-electron chi connectivity index (χ2n) is 12.4. The highest BCUT2D eigenvalue weighted by Crippen LogP contribution is 2.41. The van der Waals surface area contributed by atoms with Crippen LogP contribution in [0.5, 0.6) is 5.88 Å². The maximum absolute atomic E-state index is 15.8. The summed E-state index contributed by atoms with van der Waals surface area (Å²) >= 11 is 6.36. The van der Waals surface area contributed by atoms with Crippen molar-refractivity contribution in [3.05, 3.63) is 112 Å². The van der Waals surface area contributed by atoms with Gasteiger partial charge in [0.25, 0.3) is 5.88 Å². The zero-order valence-corrected chi connectivity index (χ0v) is 27.1. The fourth-order valence-electron chi connectivity index (χ4n) is 5.90. The van der Waals surface area contributed by atoms with Crippen molar-refractivity contribution in [1.82, 2.24) is 34.5 Å². The minimum Gasteiger partial charge on any atom is -0.478 e. The van der Waals surface area contributed by atoms with Crippen LogP contribution in [0.15, 0.2) is 61.1 Å². The molecule has 1 unspecified atom stereocenters. The molecule has 7 rings (SSSR count). The molecule has 0 spiro atoms. The predicted octanol–water partition coefficient (Wildman–Crippen LogP) is 6.75. The van der Waals surface area contributed by atoms with Crippen LogP contribution < -0.4 is 4.74 Å². The average Bonchev–Trinajstić information content (AvgIpc) is 3.81. The van der Waals surface area contributed by atoms with E-state index in [-0.39, 0.29) is 63.9 Å². The Labute approximate surface area is 286 Å². The number of hydrogen-bond donors (Lipinski definition) is 1. The molecule has 1 aliphatic heterocycles. The molecule has 6 aromatic rings. The van der Waals surface area contributed by atoms with E-state index in [1.165, 1.54) is 35.3 Å². The zero-order valence-electron chi connectivity index (χ0n) is 26.4. The number of aromatic nitrogens is 7. The molecular weight excluding hydrogens is 682 g/mol. The summed E-state index contributed by atoms with van der Waals surface area (Å²) in [4.78, 5) is 24.5. The van der Waals surface area contributed by atoms with Crippen molar-refractivity contribution in [1.29, 1.82) is 0 Å². The summed E-state index contributed by atoms with van der Waals surface area (Å²) < 4.78 is 75.6. The number of nitrogens with zero attached hydrogens (tertiary/aromatic N) is 7. The van der Waals surface area contributed by atoms with E-state index in [0.29, 0.717) is 18.0 Å². The Kier molecular flexibility index (Phi) is 8.48. The van der Waals surface area contributed by atoms with Gasteiger partial charge in [0.1, 0.15) is 29.6 Å². The first kappa shape index (κ1) is 33.1. The van der Waals surface area contributed by atoms with E-state index in [4.69, 9.17) is 21.1 Å². The van der Waals surface area contributed by atoms with Crippen molar-refractivity contribution >= 4 is 28.6 Å².